The zero-order valence-electron chi connectivity index (χ0n) is 10.1. The predicted molar refractivity (Wildman–Crippen MR) is 61.5 cm³/mol. The van der Waals surface area contributed by atoms with E-state index in [9.17, 15) is 9.90 Å². The van der Waals surface area contributed by atoms with E-state index in [1.165, 1.54) is 21.1 Å². The summed E-state index contributed by atoms with van der Waals surface area (Å²) in [6.07, 6.45) is 0.00267. The average Bonchev–Trinajstić information content (AvgIpc) is 2.28. The molecule has 0 saturated carbocycles. The van der Waals surface area contributed by atoms with Gasteiger partial charge < -0.3 is 19.7 Å². The lowest BCUT2D eigenvalue weighted by Gasteiger charge is -2.18. The van der Waals surface area contributed by atoms with Crippen molar-refractivity contribution in [1.29, 1.82) is 0 Å². The molecule has 0 aromatic heterocycles. The predicted octanol–water partition coefficient (Wildman–Crippen LogP) is 1.08. The van der Waals surface area contributed by atoms with Crippen LogP contribution in [-0.2, 0) is 11.2 Å². The van der Waals surface area contributed by atoms with Crippen molar-refractivity contribution in [2.24, 2.45) is 0 Å². The number of hydrogen-bond donors (Lipinski definition) is 2. The van der Waals surface area contributed by atoms with E-state index in [1.807, 2.05) is 0 Å². The Labute approximate surface area is 99.6 Å². The van der Waals surface area contributed by atoms with Gasteiger partial charge in [0, 0.05) is 6.42 Å². The van der Waals surface area contributed by atoms with Crippen LogP contribution in [0.5, 0.6) is 11.5 Å². The van der Waals surface area contributed by atoms with Gasteiger partial charge in [0.2, 0.25) is 0 Å². The number of carbonyl (C=O) groups is 1. The van der Waals surface area contributed by atoms with E-state index in [1.54, 1.807) is 18.2 Å². The lowest BCUT2D eigenvalue weighted by Crippen LogP contribution is -2.37. The number of ether oxygens (including phenoxy) is 2. The van der Waals surface area contributed by atoms with E-state index in [-0.39, 0.29) is 6.42 Å². The molecule has 0 aliphatic rings. The number of hydrogen-bond acceptors (Lipinski definition) is 4. The largest absolute Gasteiger partial charge is 0.493 e. The van der Waals surface area contributed by atoms with Gasteiger partial charge in [-0.3, -0.25) is 0 Å². The molecular formula is C12H16O5. The lowest BCUT2D eigenvalue weighted by molar-refractivity contribution is -0.156. The number of aliphatic hydroxyl groups is 1. The topological polar surface area (TPSA) is 76.0 Å². The van der Waals surface area contributed by atoms with E-state index >= 15 is 0 Å². The SMILES string of the molecule is COc1ccc(CC(C)(O)C(=O)O)cc1OC. The number of carboxylic acid groups (broad SMARTS) is 1. The van der Waals surface area contributed by atoms with Crippen LogP contribution in [0.1, 0.15) is 12.5 Å². The molecule has 0 saturated heterocycles. The molecule has 5 heteroatoms. The van der Waals surface area contributed by atoms with Gasteiger partial charge in [-0.15, -0.1) is 0 Å². The Hall–Kier alpha value is -1.75. The smallest absolute Gasteiger partial charge is 0.335 e. The van der Waals surface area contributed by atoms with Gasteiger partial charge in [-0.05, 0) is 24.6 Å². The molecule has 0 aliphatic heterocycles. The molecule has 0 bridgehead atoms. The minimum Gasteiger partial charge on any atom is -0.493 e. The Morgan fingerprint density at radius 3 is 2.35 bits per heavy atom. The molecule has 0 radical (unpaired) electrons. The molecular weight excluding hydrogens is 224 g/mol. The molecule has 1 atom stereocenters. The fraction of sp³-hybridized carbons (Fsp3) is 0.417. The highest BCUT2D eigenvalue weighted by Crippen LogP contribution is 2.29. The summed E-state index contributed by atoms with van der Waals surface area (Å²) in [6, 6.07) is 5.01. The Morgan fingerprint density at radius 2 is 1.88 bits per heavy atom. The number of carboxylic acids is 1. The van der Waals surface area contributed by atoms with Gasteiger partial charge in [0.15, 0.2) is 17.1 Å². The summed E-state index contributed by atoms with van der Waals surface area (Å²) < 4.78 is 10.2. The molecule has 94 valence electrons. The molecule has 1 unspecified atom stereocenters. The monoisotopic (exact) mass is 240 g/mol. The van der Waals surface area contributed by atoms with Crippen LogP contribution in [0.2, 0.25) is 0 Å². The average molecular weight is 240 g/mol. The highest BCUT2D eigenvalue weighted by atomic mass is 16.5. The first-order chi connectivity index (χ1) is 7.90. The van der Waals surface area contributed by atoms with Gasteiger partial charge >= 0.3 is 5.97 Å². The molecule has 1 aromatic rings. The normalized spacial score (nSPS) is 13.9. The van der Waals surface area contributed by atoms with Gasteiger partial charge in [-0.2, -0.15) is 0 Å². The maximum Gasteiger partial charge on any atom is 0.335 e. The third-order valence-electron chi connectivity index (χ3n) is 2.46. The summed E-state index contributed by atoms with van der Waals surface area (Å²) >= 11 is 0. The van der Waals surface area contributed by atoms with Gasteiger partial charge in [0.05, 0.1) is 14.2 Å². The quantitative estimate of drug-likeness (QED) is 0.805. The number of benzene rings is 1. The van der Waals surface area contributed by atoms with Crippen LogP contribution in [0.4, 0.5) is 0 Å². The van der Waals surface area contributed by atoms with Crippen LogP contribution in [0.15, 0.2) is 18.2 Å². The second-order valence-electron chi connectivity index (χ2n) is 3.95. The highest BCUT2D eigenvalue weighted by molar-refractivity contribution is 5.77. The molecule has 0 aliphatic carbocycles. The van der Waals surface area contributed by atoms with Crippen LogP contribution in [0, 0.1) is 0 Å². The third-order valence-corrected chi connectivity index (χ3v) is 2.46. The molecule has 5 nitrogen and oxygen atoms in total. The first-order valence-corrected chi connectivity index (χ1v) is 5.07. The Balaban J connectivity index is 2.97. The van der Waals surface area contributed by atoms with Crippen molar-refractivity contribution in [3.63, 3.8) is 0 Å². The van der Waals surface area contributed by atoms with Crippen molar-refractivity contribution in [3.8, 4) is 11.5 Å². The third kappa shape index (κ3) is 3.10. The molecule has 0 heterocycles. The molecule has 0 spiro atoms. The minimum absolute atomic E-state index is 0.00267. The maximum atomic E-state index is 10.8. The van der Waals surface area contributed by atoms with E-state index in [4.69, 9.17) is 14.6 Å². The number of aliphatic carboxylic acids is 1. The van der Waals surface area contributed by atoms with Gasteiger partial charge in [-0.25, -0.2) is 4.79 Å². The number of rotatable bonds is 5. The second kappa shape index (κ2) is 5.05. The van der Waals surface area contributed by atoms with E-state index in [0.29, 0.717) is 17.1 Å². The molecule has 0 fully saturated rings. The Bertz CT molecular complexity index is 411. The summed E-state index contributed by atoms with van der Waals surface area (Å²) in [5.41, 5.74) is -1.13. The van der Waals surface area contributed by atoms with Crippen molar-refractivity contribution in [2.45, 2.75) is 18.9 Å². The van der Waals surface area contributed by atoms with Crippen molar-refractivity contribution in [3.05, 3.63) is 23.8 Å². The van der Waals surface area contributed by atoms with Crippen molar-refractivity contribution in [1.82, 2.24) is 0 Å². The summed E-state index contributed by atoms with van der Waals surface area (Å²) in [4.78, 5) is 10.8. The summed E-state index contributed by atoms with van der Waals surface area (Å²) in [7, 11) is 3.02. The van der Waals surface area contributed by atoms with Gasteiger partial charge in [0.25, 0.3) is 0 Å². The summed E-state index contributed by atoms with van der Waals surface area (Å²) in [5, 5.41) is 18.5. The van der Waals surface area contributed by atoms with Crippen molar-refractivity contribution >= 4 is 5.97 Å². The molecule has 1 rings (SSSR count). The Kier molecular flexibility index (Phi) is 3.96. The van der Waals surface area contributed by atoms with Crippen molar-refractivity contribution < 1.29 is 24.5 Å². The maximum absolute atomic E-state index is 10.8. The van der Waals surface area contributed by atoms with Crippen LogP contribution in [-0.4, -0.2) is 36.0 Å². The molecule has 1 aromatic carbocycles. The molecule has 0 amide bonds. The summed E-state index contributed by atoms with van der Waals surface area (Å²) in [5.74, 6) is -0.190. The fourth-order valence-electron chi connectivity index (χ4n) is 1.46. The standard InChI is InChI=1S/C12H16O5/c1-12(15,11(13)14)7-8-4-5-9(16-2)10(6-8)17-3/h4-6,15H,7H2,1-3H3,(H,13,14). The van der Waals surface area contributed by atoms with E-state index in [2.05, 4.69) is 0 Å². The van der Waals surface area contributed by atoms with Gasteiger partial charge in [0.1, 0.15) is 0 Å². The minimum atomic E-state index is -1.79. The van der Waals surface area contributed by atoms with Crippen LogP contribution in [0.25, 0.3) is 0 Å². The second-order valence-corrected chi connectivity index (χ2v) is 3.95. The van der Waals surface area contributed by atoms with Crippen LogP contribution >= 0.6 is 0 Å². The fourth-order valence-corrected chi connectivity index (χ4v) is 1.46. The number of methoxy groups -OCH3 is 2. The van der Waals surface area contributed by atoms with Gasteiger partial charge in [-0.1, -0.05) is 6.07 Å². The molecule has 17 heavy (non-hydrogen) atoms. The molecule has 2 N–H and O–H groups in total. The van der Waals surface area contributed by atoms with E-state index in [0.717, 1.165) is 0 Å². The van der Waals surface area contributed by atoms with Crippen LogP contribution in [0.3, 0.4) is 0 Å². The Morgan fingerprint density at radius 1 is 1.29 bits per heavy atom. The zero-order valence-corrected chi connectivity index (χ0v) is 10.1. The van der Waals surface area contributed by atoms with Crippen LogP contribution < -0.4 is 9.47 Å². The summed E-state index contributed by atoms with van der Waals surface area (Å²) in [6.45, 7) is 1.26. The first-order valence-electron chi connectivity index (χ1n) is 5.07. The van der Waals surface area contributed by atoms with Crippen molar-refractivity contribution in [2.75, 3.05) is 14.2 Å². The van der Waals surface area contributed by atoms with E-state index < -0.39 is 11.6 Å². The highest BCUT2D eigenvalue weighted by Gasteiger charge is 2.30. The lowest BCUT2D eigenvalue weighted by atomic mass is 9.96. The zero-order chi connectivity index (χ0) is 13.1. The first kappa shape index (κ1) is 13.3.